The molecule has 0 amide bonds. The summed E-state index contributed by atoms with van der Waals surface area (Å²) in [6, 6.07) is 4.75. The summed E-state index contributed by atoms with van der Waals surface area (Å²) >= 11 is 0. The van der Waals surface area contributed by atoms with Gasteiger partial charge >= 0.3 is 0 Å². The van der Waals surface area contributed by atoms with Crippen molar-refractivity contribution in [2.24, 2.45) is 0 Å². The Hall–Kier alpha value is -1.07. The first-order valence-electron chi connectivity index (χ1n) is 5.62. The summed E-state index contributed by atoms with van der Waals surface area (Å²) in [6.45, 7) is 7.87. The minimum absolute atomic E-state index is 0.119. The molecule has 0 fully saturated rings. The second kappa shape index (κ2) is 5.51. The van der Waals surface area contributed by atoms with E-state index in [1.807, 2.05) is 13.8 Å². The number of aryl methyl sites for hydroxylation is 1. The fraction of sp³-hybridized carbons (Fsp3) is 0.500. The van der Waals surface area contributed by atoms with Crippen molar-refractivity contribution < 1.29 is 13.2 Å². The molecule has 0 aliphatic heterocycles. The minimum atomic E-state index is -3.42. The zero-order chi connectivity index (χ0) is 13.1. The average molecular weight is 257 g/mol. The van der Waals surface area contributed by atoms with Gasteiger partial charge in [0, 0.05) is 6.04 Å². The van der Waals surface area contributed by atoms with Crippen LogP contribution >= 0.6 is 0 Å². The number of hydrogen-bond donors (Lipinski definition) is 1. The summed E-state index contributed by atoms with van der Waals surface area (Å²) in [5.41, 5.74) is 0.818. The average Bonchev–Trinajstić information content (AvgIpc) is 2.19. The number of hydrogen-bond acceptors (Lipinski definition) is 3. The predicted molar refractivity (Wildman–Crippen MR) is 67.8 cm³/mol. The first-order chi connectivity index (χ1) is 7.86. The number of benzene rings is 1. The number of rotatable bonds is 5. The van der Waals surface area contributed by atoms with Crippen molar-refractivity contribution in [3.05, 3.63) is 23.8 Å². The summed E-state index contributed by atoms with van der Waals surface area (Å²) in [5.74, 6) is 0.719. The van der Waals surface area contributed by atoms with Crippen LogP contribution in [-0.4, -0.2) is 21.1 Å². The molecule has 0 atom stereocenters. The van der Waals surface area contributed by atoms with Gasteiger partial charge in [0.25, 0.3) is 0 Å². The molecule has 1 aromatic rings. The maximum atomic E-state index is 11.9. The van der Waals surface area contributed by atoms with Crippen LogP contribution in [0.1, 0.15) is 26.3 Å². The van der Waals surface area contributed by atoms with Gasteiger partial charge in [0.2, 0.25) is 10.0 Å². The fourth-order valence-corrected chi connectivity index (χ4v) is 2.82. The molecular formula is C12H19NO3S. The van der Waals surface area contributed by atoms with Crippen LogP contribution in [0.2, 0.25) is 0 Å². The van der Waals surface area contributed by atoms with E-state index in [4.69, 9.17) is 4.74 Å². The van der Waals surface area contributed by atoms with Crippen LogP contribution in [0.15, 0.2) is 23.1 Å². The molecule has 4 nitrogen and oxygen atoms in total. The van der Waals surface area contributed by atoms with Crippen molar-refractivity contribution in [1.29, 1.82) is 0 Å². The van der Waals surface area contributed by atoms with Gasteiger partial charge in [-0.2, -0.15) is 0 Å². The highest BCUT2D eigenvalue weighted by molar-refractivity contribution is 7.89. The van der Waals surface area contributed by atoms with E-state index < -0.39 is 10.0 Å². The van der Waals surface area contributed by atoms with E-state index in [1.54, 1.807) is 32.0 Å². The van der Waals surface area contributed by atoms with Gasteiger partial charge in [0.05, 0.1) is 11.5 Å². The van der Waals surface area contributed by atoms with Crippen LogP contribution in [0.25, 0.3) is 0 Å². The molecule has 1 N–H and O–H groups in total. The maximum Gasteiger partial charge on any atom is 0.240 e. The van der Waals surface area contributed by atoms with Crippen LogP contribution < -0.4 is 9.46 Å². The van der Waals surface area contributed by atoms with Crippen LogP contribution in [0.3, 0.4) is 0 Å². The molecule has 0 aromatic heterocycles. The number of nitrogens with one attached hydrogen (secondary N) is 1. The van der Waals surface area contributed by atoms with E-state index >= 15 is 0 Å². The zero-order valence-corrected chi connectivity index (χ0v) is 11.5. The van der Waals surface area contributed by atoms with Crippen molar-refractivity contribution in [2.75, 3.05) is 6.61 Å². The largest absolute Gasteiger partial charge is 0.494 e. The summed E-state index contributed by atoms with van der Waals surface area (Å²) in [7, 11) is -3.42. The van der Waals surface area contributed by atoms with Crippen molar-refractivity contribution in [2.45, 2.75) is 38.6 Å². The highest BCUT2D eigenvalue weighted by Gasteiger charge is 2.16. The van der Waals surface area contributed by atoms with E-state index in [1.165, 1.54) is 0 Å². The van der Waals surface area contributed by atoms with Crippen molar-refractivity contribution in [3.8, 4) is 5.75 Å². The van der Waals surface area contributed by atoms with E-state index in [-0.39, 0.29) is 10.9 Å². The molecule has 0 heterocycles. The lowest BCUT2D eigenvalue weighted by molar-refractivity contribution is 0.337. The Balaban J connectivity index is 3.05. The molecule has 0 aliphatic carbocycles. The lowest BCUT2D eigenvalue weighted by Gasteiger charge is -2.12. The molecule has 0 radical (unpaired) electrons. The van der Waals surface area contributed by atoms with Crippen molar-refractivity contribution in [1.82, 2.24) is 4.72 Å². The molecule has 1 rings (SSSR count). The van der Waals surface area contributed by atoms with E-state index in [9.17, 15) is 8.42 Å². The second-order valence-electron chi connectivity index (χ2n) is 4.14. The number of sulfonamides is 1. The van der Waals surface area contributed by atoms with Crippen LogP contribution in [0.5, 0.6) is 5.75 Å². The first-order valence-corrected chi connectivity index (χ1v) is 7.11. The first kappa shape index (κ1) is 14.0. The Morgan fingerprint density at radius 2 is 2.00 bits per heavy atom. The summed E-state index contributed by atoms with van der Waals surface area (Å²) in [5, 5.41) is 0. The van der Waals surface area contributed by atoms with E-state index in [2.05, 4.69) is 4.72 Å². The molecule has 0 aliphatic rings. The fourth-order valence-electron chi connectivity index (χ4n) is 1.48. The molecule has 0 saturated carbocycles. The van der Waals surface area contributed by atoms with Gasteiger partial charge in [-0.15, -0.1) is 0 Å². The van der Waals surface area contributed by atoms with Crippen LogP contribution in [-0.2, 0) is 10.0 Å². The molecule has 0 saturated heterocycles. The smallest absolute Gasteiger partial charge is 0.240 e. The quantitative estimate of drug-likeness (QED) is 0.878. The topological polar surface area (TPSA) is 55.4 Å². The third kappa shape index (κ3) is 3.71. The Morgan fingerprint density at radius 1 is 1.35 bits per heavy atom. The predicted octanol–water partition coefficient (Wildman–Crippen LogP) is 2.08. The normalized spacial score (nSPS) is 11.8. The van der Waals surface area contributed by atoms with E-state index in [0.29, 0.717) is 6.61 Å². The third-order valence-corrected chi connectivity index (χ3v) is 3.80. The zero-order valence-electron chi connectivity index (χ0n) is 10.6. The van der Waals surface area contributed by atoms with Crippen molar-refractivity contribution in [3.63, 3.8) is 0 Å². The molecule has 0 spiro atoms. The monoisotopic (exact) mass is 257 g/mol. The lowest BCUT2D eigenvalue weighted by atomic mass is 10.2. The second-order valence-corrected chi connectivity index (χ2v) is 5.85. The van der Waals surface area contributed by atoms with Crippen LogP contribution in [0, 0.1) is 6.92 Å². The molecule has 5 heteroatoms. The molecule has 17 heavy (non-hydrogen) atoms. The van der Waals surface area contributed by atoms with Gasteiger partial charge in [-0.05, 0) is 51.5 Å². The summed E-state index contributed by atoms with van der Waals surface area (Å²) < 4.78 is 31.7. The number of ether oxygens (including phenoxy) is 1. The molecular weight excluding hydrogens is 238 g/mol. The molecule has 96 valence electrons. The highest BCUT2D eigenvalue weighted by atomic mass is 32.2. The van der Waals surface area contributed by atoms with Gasteiger partial charge in [-0.25, -0.2) is 13.1 Å². The highest BCUT2D eigenvalue weighted by Crippen LogP contribution is 2.21. The SMILES string of the molecule is CCOc1ccc(S(=O)(=O)NC(C)C)cc1C. The van der Waals surface area contributed by atoms with Gasteiger partial charge in [-0.3, -0.25) is 0 Å². The van der Waals surface area contributed by atoms with Gasteiger partial charge < -0.3 is 4.74 Å². The molecule has 0 bridgehead atoms. The Kier molecular flexibility index (Phi) is 4.54. The minimum Gasteiger partial charge on any atom is -0.494 e. The van der Waals surface area contributed by atoms with Gasteiger partial charge in [0.1, 0.15) is 5.75 Å². The Labute approximate surface area is 103 Å². The van der Waals surface area contributed by atoms with Crippen LogP contribution in [0.4, 0.5) is 0 Å². The Bertz CT molecular complexity index is 481. The van der Waals surface area contributed by atoms with Gasteiger partial charge in [0.15, 0.2) is 0 Å². The van der Waals surface area contributed by atoms with E-state index in [0.717, 1.165) is 11.3 Å². The van der Waals surface area contributed by atoms with Crippen molar-refractivity contribution >= 4 is 10.0 Å². The molecule has 1 aromatic carbocycles. The third-order valence-electron chi connectivity index (χ3n) is 2.15. The Morgan fingerprint density at radius 3 is 2.47 bits per heavy atom. The summed E-state index contributed by atoms with van der Waals surface area (Å²) in [4.78, 5) is 0.271. The summed E-state index contributed by atoms with van der Waals surface area (Å²) in [6.07, 6.45) is 0. The maximum absolute atomic E-state index is 11.9. The molecule has 0 unspecified atom stereocenters. The standard InChI is InChI=1S/C12H19NO3S/c1-5-16-12-7-6-11(8-10(12)4)17(14,15)13-9(2)3/h6-9,13H,5H2,1-4H3. The van der Waals surface area contributed by atoms with Gasteiger partial charge in [-0.1, -0.05) is 0 Å². The lowest BCUT2D eigenvalue weighted by Crippen LogP contribution is -2.30.